The summed E-state index contributed by atoms with van der Waals surface area (Å²) in [5.74, 6) is 0.153. The van der Waals surface area contributed by atoms with Crippen LogP contribution in [0.1, 0.15) is 12.8 Å². The van der Waals surface area contributed by atoms with Crippen molar-refractivity contribution >= 4 is 5.91 Å². The molecule has 15 heavy (non-hydrogen) atoms. The highest BCUT2D eigenvalue weighted by Gasteiger charge is 2.48. The van der Waals surface area contributed by atoms with Gasteiger partial charge in [-0.25, -0.2) is 0 Å². The summed E-state index contributed by atoms with van der Waals surface area (Å²) in [4.78, 5) is 16.1. The van der Waals surface area contributed by atoms with Crippen LogP contribution in [0, 0.1) is 0 Å². The van der Waals surface area contributed by atoms with E-state index in [0.29, 0.717) is 0 Å². The van der Waals surface area contributed by atoms with Crippen molar-refractivity contribution in [3.8, 4) is 0 Å². The molecule has 2 fully saturated rings. The van der Waals surface area contributed by atoms with Crippen LogP contribution in [0.25, 0.3) is 0 Å². The minimum Gasteiger partial charge on any atom is -0.339 e. The number of carbonyl (C=O) groups is 1. The van der Waals surface area contributed by atoms with Crippen molar-refractivity contribution in [1.82, 2.24) is 9.80 Å². The van der Waals surface area contributed by atoms with Gasteiger partial charge in [0, 0.05) is 32.7 Å². The number of amides is 1. The van der Waals surface area contributed by atoms with Crippen LogP contribution in [-0.4, -0.2) is 54.0 Å². The van der Waals surface area contributed by atoms with Crippen LogP contribution < -0.4 is 5.73 Å². The van der Waals surface area contributed by atoms with E-state index in [9.17, 15) is 4.79 Å². The van der Waals surface area contributed by atoms with Crippen molar-refractivity contribution in [3.63, 3.8) is 0 Å². The number of rotatable bonds is 3. The number of nitrogens with two attached hydrogens (primary N) is 1. The zero-order chi connectivity index (χ0) is 10.9. The quantitative estimate of drug-likeness (QED) is 0.655. The second kappa shape index (κ2) is 3.94. The molecule has 4 heteroatoms. The Labute approximate surface area is 90.7 Å². The average molecular weight is 209 g/mol. The van der Waals surface area contributed by atoms with Gasteiger partial charge in [-0.3, -0.25) is 9.69 Å². The van der Waals surface area contributed by atoms with Gasteiger partial charge in [-0.05, 0) is 12.8 Å². The molecule has 2 N–H and O–H groups in total. The summed E-state index contributed by atoms with van der Waals surface area (Å²) in [6, 6.07) is 0. The fraction of sp³-hybridized carbons (Fsp3) is 0.727. The maximum absolute atomic E-state index is 11.9. The van der Waals surface area contributed by atoms with Gasteiger partial charge in [-0.15, -0.1) is 6.58 Å². The Morgan fingerprint density at radius 3 is 2.40 bits per heavy atom. The molecular formula is C11H19N3O. The maximum atomic E-state index is 11.9. The molecule has 0 aromatic rings. The van der Waals surface area contributed by atoms with Gasteiger partial charge >= 0.3 is 0 Å². The minimum absolute atomic E-state index is 0.153. The fourth-order valence-corrected chi connectivity index (χ4v) is 1.98. The second-order valence-corrected chi connectivity index (χ2v) is 4.54. The van der Waals surface area contributed by atoms with Crippen LogP contribution in [0.4, 0.5) is 0 Å². The lowest BCUT2D eigenvalue weighted by Crippen LogP contribution is -2.54. The molecule has 1 saturated heterocycles. The SMILES string of the molecule is C=CCN1CCN(C(=O)C2(N)CC2)CC1. The lowest BCUT2D eigenvalue weighted by Gasteiger charge is -2.35. The monoisotopic (exact) mass is 209 g/mol. The minimum atomic E-state index is -0.499. The third-order valence-corrected chi connectivity index (χ3v) is 3.26. The molecule has 1 heterocycles. The van der Waals surface area contributed by atoms with Gasteiger partial charge in [0.1, 0.15) is 0 Å². The number of hydrogen-bond acceptors (Lipinski definition) is 3. The van der Waals surface area contributed by atoms with Crippen molar-refractivity contribution in [2.45, 2.75) is 18.4 Å². The summed E-state index contributed by atoms with van der Waals surface area (Å²) < 4.78 is 0. The van der Waals surface area contributed by atoms with Gasteiger partial charge < -0.3 is 10.6 Å². The van der Waals surface area contributed by atoms with Crippen LogP contribution >= 0.6 is 0 Å². The Kier molecular flexibility index (Phi) is 2.80. The lowest BCUT2D eigenvalue weighted by atomic mass is 10.2. The molecule has 0 spiro atoms. The summed E-state index contributed by atoms with van der Waals surface area (Å²) in [5.41, 5.74) is 5.39. The highest BCUT2D eigenvalue weighted by atomic mass is 16.2. The third-order valence-electron chi connectivity index (χ3n) is 3.26. The molecule has 1 aliphatic carbocycles. The van der Waals surface area contributed by atoms with E-state index in [-0.39, 0.29) is 5.91 Å². The normalized spacial score (nSPS) is 25.0. The Morgan fingerprint density at radius 2 is 1.93 bits per heavy atom. The standard InChI is InChI=1S/C11H19N3O/c1-2-5-13-6-8-14(9-7-13)10(15)11(12)3-4-11/h2H,1,3-9,12H2. The zero-order valence-electron chi connectivity index (χ0n) is 9.11. The first-order valence-electron chi connectivity index (χ1n) is 5.57. The van der Waals surface area contributed by atoms with Gasteiger partial charge in [0.2, 0.25) is 5.91 Å². The lowest BCUT2D eigenvalue weighted by molar-refractivity contribution is -0.135. The van der Waals surface area contributed by atoms with E-state index in [2.05, 4.69) is 11.5 Å². The highest BCUT2D eigenvalue weighted by Crippen LogP contribution is 2.34. The molecular weight excluding hydrogens is 190 g/mol. The first-order valence-corrected chi connectivity index (χ1v) is 5.57. The van der Waals surface area contributed by atoms with E-state index in [0.717, 1.165) is 45.6 Å². The van der Waals surface area contributed by atoms with Crippen molar-refractivity contribution in [2.75, 3.05) is 32.7 Å². The topological polar surface area (TPSA) is 49.6 Å². The third kappa shape index (κ3) is 2.21. The van der Waals surface area contributed by atoms with Crippen LogP contribution in [0.3, 0.4) is 0 Å². The number of hydrogen-bond donors (Lipinski definition) is 1. The Balaban J connectivity index is 1.82. The molecule has 4 nitrogen and oxygen atoms in total. The molecule has 2 aliphatic rings. The number of piperazine rings is 1. The molecule has 0 atom stereocenters. The largest absolute Gasteiger partial charge is 0.339 e. The first-order chi connectivity index (χ1) is 7.15. The molecule has 2 rings (SSSR count). The smallest absolute Gasteiger partial charge is 0.242 e. The van der Waals surface area contributed by atoms with Crippen molar-refractivity contribution in [1.29, 1.82) is 0 Å². The van der Waals surface area contributed by atoms with Crippen LogP contribution in [-0.2, 0) is 4.79 Å². The number of nitrogens with zero attached hydrogens (tertiary/aromatic N) is 2. The van der Waals surface area contributed by atoms with Crippen molar-refractivity contribution < 1.29 is 4.79 Å². The Morgan fingerprint density at radius 1 is 1.33 bits per heavy atom. The van der Waals surface area contributed by atoms with Crippen LogP contribution in [0.2, 0.25) is 0 Å². The molecule has 1 saturated carbocycles. The fourth-order valence-electron chi connectivity index (χ4n) is 1.98. The van der Waals surface area contributed by atoms with E-state index in [4.69, 9.17) is 5.73 Å². The van der Waals surface area contributed by atoms with Crippen LogP contribution in [0.15, 0.2) is 12.7 Å². The maximum Gasteiger partial charge on any atom is 0.242 e. The number of carbonyl (C=O) groups excluding carboxylic acids is 1. The zero-order valence-corrected chi connectivity index (χ0v) is 9.11. The summed E-state index contributed by atoms with van der Waals surface area (Å²) in [6.07, 6.45) is 3.63. The Bertz CT molecular complexity index is 265. The van der Waals surface area contributed by atoms with E-state index < -0.39 is 5.54 Å². The summed E-state index contributed by atoms with van der Waals surface area (Å²) in [7, 11) is 0. The predicted molar refractivity (Wildman–Crippen MR) is 59.4 cm³/mol. The molecule has 84 valence electrons. The summed E-state index contributed by atoms with van der Waals surface area (Å²) >= 11 is 0. The van der Waals surface area contributed by atoms with Crippen molar-refractivity contribution in [3.05, 3.63) is 12.7 Å². The summed E-state index contributed by atoms with van der Waals surface area (Å²) in [5, 5.41) is 0. The predicted octanol–water partition coefficient (Wildman–Crippen LogP) is -0.192. The first kappa shape index (κ1) is 10.6. The molecule has 1 amide bonds. The molecule has 0 aromatic heterocycles. The van der Waals surface area contributed by atoms with E-state index in [1.807, 2.05) is 11.0 Å². The van der Waals surface area contributed by atoms with Gasteiger partial charge in [0.15, 0.2) is 0 Å². The van der Waals surface area contributed by atoms with Crippen molar-refractivity contribution in [2.24, 2.45) is 5.73 Å². The Hall–Kier alpha value is -0.870. The van der Waals surface area contributed by atoms with Gasteiger partial charge in [-0.1, -0.05) is 6.08 Å². The van der Waals surface area contributed by atoms with Gasteiger partial charge in [0.25, 0.3) is 0 Å². The molecule has 0 aromatic carbocycles. The van der Waals surface area contributed by atoms with Crippen LogP contribution in [0.5, 0.6) is 0 Å². The highest BCUT2D eigenvalue weighted by molar-refractivity contribution is 5.89. The molecule has 0 bridgehead atoms. The van der Waals surface area contributed by atoms with E-state index in [1.165, 1.54) is 0 Å². The van der Waals surface area contributed by atoms with E-state index in [1.54, 1.807) is 0 Å². The van der Waals surface area contributed by atoms with Gasteiger partial charge in [-0.2, -0.15) is 0 Å². The molecule has 0 radical (unpaired) electrons. The summed E-state index contributed by atoms with van der Waals surface area (Å²) in [6.45, 7) is 8.13. The average Bonchev–Trinajstić information content (AvgIpc) is 2.99. The van der Waals surface area contributed by atoms with Gasteiger partial charge in [0.05, 0.1) is 5.54 Å². The second-order valence-electron chi connectivity index (χ2n) is 4.54. The molecule has 0 unspecified atom stereocenters. The molecule has 1 aliphatic heterocycles. The van der Waals surface area contributed by atoms with E-state index >= 15 is 0 Å².